The second-order valence-corrected chi connectivity index (χ2v) is 4.28. The van der Waals surface area contributed by atoms with Crippen molar-refractivity contribution in [1.82, 2.24) is 0 Å². The molecule has 0 aliphatic rings. The Hall–Kier alpha value is -1.51. The molecule has 2 aromatic carbocycles. The third-order valence-electron chi connectivity index (χ3n) is 2.42. The van der Waals surface area contributed by atoms with E-state index in [4.69, 9.17) is 23.2 Å². The van der Waals surface area contributed by atoms with Crippen LogP contribution in [-0.4, -0.2) is 11.4 Å². The molecule has 0 saturated heterocycles. The topological polar surface area (TPSA) is 37.3 Å². The van der Waals surface area contributed by atoms with E-state index in [0.717, 1.165) is 11.1 Å². The van der Waals surface area contributed by atoms with Crippen molar-refractivity contribution in [2.45, 2.75) is 0 Å². The minimum Gasteiger partial charge on any atom is -0.507 e. The molecule has 0 heterocycles. The van der Waals surface area contributed by atoms with Gasteiger partial charge in [0.1, 0.15) is 5.75 Å². The number of aromatic hydroxyl groups is 1. The van der Waals surface area contributed by atoms with Gasteiger partial charge in [-0.3, -0.25) is 4.79 Å². The fourth-order valence-corrected chi connectivity index (χ4v) is 1.95. The van der Waals surface area contributed by atoms with E-state index in [1.165, 1.54) is 6.07 Å². The average Bonchev–Trinajstić information content (AvgIpc) is 2.34. The van der Waals surface area contributed by atoms with Gasteiger partial charge in [-0.05, 0) is 23.8 Å². The van der Waals surface area contributed by atoms with Gasteiger partial charge in [0.2, 0.25) is 0 Å². The average molecular weight is 267 g/mol. The molecule has 0 amide bonds. The second-order valence-electron chi connectivity index (χ2n) is 3.49. The van der Waals surface area contributed by atoms with Gasteiger partial charge in [-0.25, -0.2) is 0 Å². The largest absolute Gasteiger partial charge is 0.507 e. The molecule has 0 aliphatic carbocycles. The lowest BCUT2D eigenvalue weighted by Crippen LogP contribution is -1.85. The van der Waals surface area contributed by atoms with Crippen LogP contribution in [-0.2, 0) is 0 Å². The van der Waals surface area contributed by atoms with E-state index < -0.39 is 0 Å². The van der Waals surface area contributed by atoms with Crippen LogP contribution in [0.4, 0.5) is 0 Å². The highest BCUT2D eigenvalue weighted by Crippen LogP contribution is 2.34. The monoisotopic (exact) mass is 266 g/mol. The first-order chi connectivity index (χ1) is 8.13. The number of phenols is 1. The van der Waals surface area contributed by atoms with Crippen molar-refractivity contribution in [3.8, 4) is 16.9 Å². The molecule has 2 rings (SSSR count). The highest BCUT2D eigenvalue weighted by Gasteiger charge is 2.09. The van der Waals surface area contributed by atoms with Gasteiger partial charge in [-0.2, -0.15) is 0 Å². The highest BCUT2D eigenvalue weighted by molar-refractivity contribution is 6.43. The molecule has 0 bridgehead atoms. The van der Waals surface area contributed by atoms with Gasteiger partial charge in [0, 0.05) is 5.56 Å². The lowest BCUT2D eigenvalue weighted by Gasteiger charge is -2.07. The van der Waals surface area contributed by atoms with Crippen LogP contribution in [0.1, 0.15) is 10.4 Å². The Morgan fingerprint density at radius 1 is 1.12 bits per heavy atom. The summed E-state index contributed by atoms with van der Waals surface area (Å²) in [5.74, 6) is -0.0538. The summed E-state index contributed by atoms with van der Waals surface area (Å²) in [6.45, 7) is 0. The number of benzene rings is 2. The number of rotatable bonds is 2. The molecular weight excluding hydrogens is 259 g/mol. The van der Waals surface area contributed by atoms with Crippen molar-refractivity contribution in [2.75, 3.05) is 0 Å². The third-order valence-corrected chi connectivity index (χ3v) is 3.24. The maximum atomic E-state index is 10.7. The molecule has 86 valence electrons. The molecule has 2 aromatic rings. The molecule has 0 atom stereocenters. The Morgan fingerprint density at radius 2 is 1.88 bits per heavy atom. The maximum Gasteiger partial charge on any atom is 0.153 e. The van der Waals surface area contributed by atoms with E-state index in [1.54, 1.807) is 30.3 Å². The van der Waals surface area contributed by atoms with Crippen LogP contribution in [0.5, 0.6) is 5.75 Å². The van der Waals surface area contributed by atoms with E-state index in [-0.39, 0.29) is 11.3 Å². The molecule has 17 heavy (non-hydrogen) atoms. The van der Waals surface area contributed by atoms with Crippen molar-refractivity contribution < 1.29 is 9.90 Å². The zero-order valence-electron chi connectivity index (χ0n) is 8.65. The molecular formula is C13H8Cl2O2. The number of carbonyl (C=O) groups excluding carboxylic acids is 1. The Kier molecular flexibility index (Phi) is 3.36. The molecule has 0 aliphatic heterocycles. The SMILES string of the molecule is O=Cc1cc(-c2cccc(Cl)c2Cl)ccc1O. The summed E-state index contributed by atoms with van der Waals surface area (Å²) in [6, 6.07) is 9.97. The van der Waals surface area contributed by atoms with Gasteiger partial charge in [-0.1, -0.05) is 41.4 Å². The summed E-state index contributed by atoms with van der Waals surface area (Å²) in [4.78, 5) is 10.7. The molecule has 0 radical (unpaired) electrons. The standard InChI is InChI=1S/C13H8Cl2O2/c14-11-3-1-2-10(13(11)15)8-4-5-12(17)9(6-8)7-16/h1-7,17H. The fourth-order valence-electron chi connectivity index (χ4n) is 1.54. The van der Waals surface area contributed by atoms with Gasteiger partial charge < -0.3 is 5.11 Å². The summed E-state index contributed by atoms with van der Waals surface area (Å²) < 4.78 is 0. The van der Waals surface area contributed by atoms with Gasteiger partial charge in [-0.15, -0.1) is 0 Å². The zero-order valence-corrected chi connectivity index (χ0v) is 10.2. The normalized spacial score (nSPS) is 10.2. The predicted octanol–water partition coefficient (Wildman–Crippen LogP) is 4.18. The molecule has 0 unspecified atom stereocenters. The minimum atomic E-state index is -0.0538. The molecule has 0 spiro atoms. The van der Waals surface area contributed by atoms with Crippen molar-refractivity contribution in [1.29, 1.82) is 0 Å². The minimum absolute atomic E-state index is 0.0538. The summed E-state index contributed by atoms with van der Waals surface area (Å²) in [5.41, 5.74) is 1.68. The lowest BCUT2D eigenvalue weighted by atomic mass is 10.0. The Morgan fingerprint density at radius 3 is 2.59 bits per heavy atom. The van der Waals surface area contributed by atoms with Crippen LogP contribution in [0.25, 0.3) is 11.1 Å². The first-order valence-corrected chi connectivity index (χ1v) is 5.61. The quantitative estimate of drug-likeness (QED) is 0.829. The first kappa shape index (κ1) is 12.0. The number of halogens is 2. The van der Waals surface area contributed by atoms with Gasteiger partial charge >= 0.3 is 0 Å². The Balaban J connectivity index is 2.61. The Labute approximate surface area is 108 Å². The van der Waals surface area contributed by atoms with E-state index >= 15 is 0 Å². The molecule has 1 N–H and O–H groups in total. The van der Waals surface area contributed by atoms with Gasteiger partial charge in [0.25, 0.3) is 0 Å². The lowest BCUT2D eigenvalue weighted by molar-refractivity contribution is 0.112. The van der Waals surface area contributed by atoms with Crippen LogP contribution in [0, 0.1) is 0 Å². The van der Waals surface area contributed by atoms with E-state index in [1.807, 2.05) is 0 Å². The predicted molar refractivity (Wildman–Crippen MR) is 69.0 cm³/mol. The van der Waals surface area contributed by atoms with Crippen molar-refractivity contribution in [3.63, 3.8) is 0 Å². The molecule has 2 nitrogen and oxygen atoms in total. The highest BCUT2D eigenvalue weighted by atomic mass is 35.5. The van der Waals surface area contributed by atoms with Gasteiger partial charge in [0.05, 0.1) is 15.6 Å². The van der Waals surface area contributed by atoms with Crippen LogP contribution in [0.3, 0.4) is 0 Å². The number of aldehydes is 1. The number of carbonyl (C=O) groups is 1. The molecule has 0 fully saturated rings. The second kappa shape index (κ2) is 4.78. The van der Waals surface area contributed by atoms with Crippen LogP contribution in [0.15, 0.2) is 36.4 Å². The van der Waals surface area contributed by atoms with E-state index in [0.29, 0.717) is 16.3 Å². The van der Waals surface area contributed by atoms with Gasteiger partial charge in [0.15, 0.2) is 6.29 Å². The molecule has 0 saturated carbocycles. The number of hydrogen-bond donors (Lipinski definition) is 1. The summed E-state index contributed by atoms with van der Waals surface area (Å²) >= 11 is 12.0. The summed E-state index contributed by atoms with van der Waals surface area (Å²) in [7, 11) is 0. The smallest absolute Gasteiger partial charge is 0.153 e. The molecule has 4 heteroatoms. The molecule has 0 aromatic heterocycles. The maximum absolute atomic E-state index is 10.7. The number of hydrogen-bond acceptors (Lipinski definition) is 2. The number of phenolic OH excluding ortho intramolecular Hbond substituents is 1. The third kappa shape index (κ3) is 2.28. The van der Waals surface area contributed by atoms with Crippen molar-refractivity contribution in [2.24, 2.45) is 0 Å². The first-order valence-electron chi connectivity index (χ1n) is 4.86. The van der Waals surface area contributed by atoms with Crippen LogP contribution in [0.2, 0.25) is 10.0 Å². The zero-order chi connectivity index (χ0) is 12.4. The van der Waals surface area contributed by atoms with Crippen molar-refractivity contribution >= 4 is 29.5 Å². The summed E-state index contributed by atoms with van der Waals surface area (Å²) in [5, 5.41) is 10.3. The fraction of sp³-hybridized carbons (Fsp3) is 0. The summed E-state index contributed by atoms with van der Waals surface area (Å²) in [6.07, 6.45) is 0.595. The Bertz CT molecular complexity index is 580. The van der Waals surface area contributed by atoms with E-state index in [2.05, 4.69) is 0 Å². The van der Waals surface area contributed by atoms with Crippen molar-refractivity contribution in [3.05, 3.63) is 52.0 Å². The van der Waals surface area contributed by atoms with Crippen LogP contribution >= 0.6 is 23.2 Å². The van der Waals surface area contributed by atoms with Crippen LogP contribution < -0.4 is 0 Å². The van der Waals surface area contributed by atoms with E-state index in [9.17, 15) is 9.90 Å².